The Kier molecular flexibility index (Phi) is 6.89. The zero-order chi connectivity index (χ0) is 14.3. The fourth-order valence-electron chi connectivity index (χ4n) is 2.11. The van der Waals surface area contributed by atoms with Crippen molar-refractivity contribution in [1.29, 1.82) is 0 Å². The van der Waals surface area contributed by atoms with Gasteiger partial charge in [-0.2, -0.15) is 0 Å². The molecule has 0 saturated carbocycles. The van der Waals surface area contributed by atoms with Crippen molar-refractivity contribution >= 4 is 0 Å². The van der Waals surface area contributed by atoms with E-state index in [0.717, 1.165) is 18.8 Å². The summed E-state index contributed by atoms with van der Waals surface area (Å²) in [6, 6.07) is 8.04. The summed E-state index contributed by atoms with van der Waals surface area (Å²) in [5.41, 5.74) is 1.19. The number of aliphatic hydroxyl groups is 1. The number of nitrogens with zero attached hydrogens (tertiary/aromatic N) is 1. The Morgan fingerprint density at radius 3 is 2.37 bits per heavy atom. The van der Waals surface area contributed by atoms with Crippen molar-refractivity contribution in [2.75, 3.05) is 26.2 Å². The van der Waals surface area contributed by atoms with Crippen molar-refractivity contribution in [3.05, 3.63) is 29.8 Å². The quantitative estimate of drug-likeness (QED) is 0.784. The molecule has 0 aromatic heterocycles. The molecule has 108 valence electrons. The Hall–Kier alpha value is -1.06. The third kappa shape index (κ3) is 5.21. The molecule has 0 aliphatic carbocycles. The number of likely N-dealkylation sites (N-methyl/N-ethyl adjacent to an activating group) is 1. The highest BCUT2D eigenvalue weighted by Crippen LogP contribution is 2.25. The molecule has 19 heavy (non-hydrogen) atoms. The summed E-state index contributed by atoms with van der Waals surface area (Å²) in [5.74, 6) is 1.31. The molecule has 1 aromatic carbocycles. The first-order valence-electron chi connectivity index (χ1n) is 7.20. The fourth-order valence-corrected chi connectivity index (χ4v) is 2.11. The molecule has 1 aromatic rings. The number of benzene rings is 1. The zero-order valence-electron chi connectivity index (χ0n) is 12.6. The molecule has 0 amide bonds. The normalized spacial score (nSPS) is 13.0. The molecule has 0 fully saturated rings. The third-order valence-electron chi connectivity index (χ3n) is 3.34. The molecular weight excluding hydrogens is 238 g/mol. The summed E-state index contributed by atoms with van der Waals surface area (Å²) in [6.07, 6.45) is -0.444. The Labute approximate surface area is 117 Å². The van der Waals surface area contributed by atoms with Crippen molar-refractivity contribution in [1.82, 2.24) is 4.90 Å². The van der Waals surface area contributed by atoms with Crippen molar-refractivity contribution in [3.63, 3.8) is 0 Å². The van der Waals surface area contributed by atoms with Gasteiger partial charge in [-0.3, -0.25) is 0 Å². The first kappa shape index (κ1) is 16.0. The number of hydrogen-bond acceptors (Lipinski definition) is 3. The summed E-state index contributed by atoms with van der Waals surface area (Å²) in [4.78, 5) is 2.20. The van der Waals surface area contributed by atoms with Gasteiger partial charge in [-0.1, -0.05) is 45.9 Å². The number of hydrogen-bond donors (Lipinski definition) is 1. The van der Waals surface area contributed by atoms with Crippen LogP contribution in [-0.2, 0) is 0 Å². The maximum absolute atomic E-state index is 10.0. The van der Waals surface area contributed by atoms with Crippen LogP contribution in [0.5, 0.6) is 5.75 Å². The Morgan fingerprint density at radius 1 is 1.16 bits per heavy atom. The van der Waals surface area contributed by atoms with Gasteiger partial charge in [0.05, 0.1) is 0 Å². The molecule has 3 heteroatoms. The highest BCUT2D eigenvalue weighted by atomic mass is 16.5. The van der Waals surface area contributed by atoms with Crippen LogP contribution in [0, 0.1) is 0 Å². The average Bonchev–Trinajstić information content (AvgIpc) is 2.42. The minimum atomic E-state index is -0.444. The van der Waals surface area contributed by atoms with Crippen molar-refractivity contribution < 1.29 is 9.84 Å². The lowest BCUT2D eigenvalue weighted by atomic mass is 10.0. The molecule has 0 unspecified atom stereocenters. The predicted molar refractivity (Wildman–Crippen MR) is 79.8 cm³/mol. The van der Waals surface area contributed by atoms with Crippen molar-refractivity contribution in [3.8, 4) is 5.75 Å². The summed E-state index contributed by atoms with van der Waals surface area (Å²) < 4.78 is 5.77. The van der Waals surface area contributed by atoms with Gasteiger partial charge in [0.15, 0.2) is 0 Å². The highest BCUT2D eigenvalue weighted by molar-refractivity contribution is 5.35. The lowest BCUT2D eigenvalue weighted by Crippen LogP contribution is -2.35. The van der Waals surface area contributed by atoms with E-state index in [1.54, 1.807) is 0 Å². The number of para-hydroxylation sites is 1. The molecule has 0 heterocycles. The van der Waals surface area contributed by atoms with Crippen LogP contribution in [0.1, 0.15) is 39.2 Å². The van der Waals surface area contributed by atoms with Crippen LogP contribution in [0.3, 0.4) is 0 Å². The lowest BCUT2D eigenvalue weighted by molar-refractivity contribution is 0.0712. The van der Waals surface area contributed by atoms with Gasteiger partial charge in [0.2, 0.25) is 0 Å². The summed E-state index contributed by atoms with van der Waals surface area (Å²) in [7, 11) is 0. The summed E-state index contributed by atoms with van der Waals surface area (Å²) in [5, 5.41) is 10.0. The predicted octanol–water partition coefficient (Wildman–Crippen LogP) is 2.89. The number of ether oxygens (including phenoxy) is 1. The van der Waals surface area contributed by atoms with E-state index in [2.05, 4.69) is 38.7 Å². The number of aliphatic hydroxyl groups excluding tert-OH is 1. The van der Waals surface area contributed by atoms with Gasteiger partial charge in [-0.15, -0.1) is 0 Å². The van der Waals surface area contributed by atoms with Crippen molar-refractivity contribution in [2.24, 2.45) is 0 Å². The SMILES string of the molecule is CCN(CC)C[C@H](O)COc1ccccc1C(C)C. The smallest absolute Gasteiger partial charge is 0.122 e. The second-order valence-corrected chi connectivity index (χ2v) is 5.14. The monoisotopic (exact) mass is 265 g/mol. The number of rotatable bonds is 8. The van der Waals surface area contributed by atoms with Crippen LogP contribution >= 0.6 is 0 Å². The largest absolute Gasteiger partial charge is 0.491 e. The topological polar surface area (TPSA) is 32.7 Å². The van der Waals surface area contributed by atoms with Gasteiger partial charge < -0.3 is 14.7 Å². The average molecular weight is 265 g/mol. The first-order valence-corrected chi connectivity index (χ1v) is 7.20. The molecule has 1 atom stereocenters. The summed E-state index contributed by atoms with van der Waals surface area (Å²) >= 11 is 0. The second-order valence-electron chi connectivity index (χ2n) is 5.14. The van der Waals surface area contributed by atoms with Crippen LogP contribution in [0.15, 0.2) is 24.3 Å². The van der Waals surface area contributed by atoms with Gasteiger partial charge in [0.1, 0.15) is 18.5 Å². The van der Waals surface area contributed by atoms with Gasteiger partial charge >= 0.3 is 0 Å². The molecule has 0 radical (unpaired) electrons. The van der Waals surface area contributed by atoms with Gasteiger partial charge in [-0.05, 0) is 30.6 Å². The summed E-state index contributed by atoms with van der Waals surface area (Å²) in [6.45, 7) is 11.4. The highest BCUT2D eigenvalue weighted by Gasteiger charge is 2.12. The van der Waals surface area contributed by atoms with Crippen LogP contribution in [-0.4, -0.2) is 42.4 Å². The second kappa shape index (κ2) is 8.18. The van der Waals surface area contributed by atoms with E-state index >= 15 is 0 Å². The van der Waals surface area contributed by atoms with Crippen LogP contribution in [0.25, 0.3) is 0 Å². The maximum Gasteiger partial charge on any atom is 0.122 e. The van der Waals surface area contributed by atoms with Gasteiger partial charge in [0, 0.05) is 6.54 Å². The van der Waals surface area contributed by atoms with E-state index in [9.17, 15) is 5.11 Å². The lowest BCUT2D eigenvalue weighted by Gasteiger charge is -2.22. The Bertz CT molecular complexity index is 362. The molecule has 0 saturated heterocycles. The van der Waals surface area contributed by atoms with Gasteiger partial charge in [-0.25, -0.2) is 0 Å². The Balaban J connectivity index is 2.52. The molecule has 1 rings (SSSR count). The Morgan fingerprint density at radius 2 is 1.79 bits per heavy atom. The zero-order valence-corrected chi connectivity index (χ0v) is 12.6. The van der Waals surface area contributed by atoms with E-state index < -0.39 is 6.10 Å². The molecule has 0 aliphatic heterocycles. The van der Waals surface area contributed by atoms with Crippen LogP contribution in [0.4, 0.5) is 0 Å². The molecule has 3 nitrogen and oxygen atoms in total. The van der Waals surface area contributed by atoms with E-state index in [-0.39, 0.29) is 0 Å². The molecule has 0 bridgehead atoms. The maximum atomic E-state index is 10.0. The minimum Gasteiger partial charge on any atom is -0.491 e. The van der Waals surface area contributed by atoms with Crippen molar-refractivity contribution in [2.45, 2.75) is 39.7 Å². The first-order chi connectivity index (χ1) is 9.08. The van der Waals surface area contributed by atoms with E-state index in [1.807, 2.05) is 18.2 Å². The van der Waals surface area contributed by atoms with E-state index in [0.29, 0.717) is 19.1 Å². The van der Waals surface area contributed by atoms with E-state index in [1.165, 1.54) is 5.56 Å². The van der Waals surface area contributed by atoms with Crippen LogP contribution in [0.2, 0.25) is 0 Å². The van der Waals surface area contributed by atoms with Gasteiger partial charge in [0.25, 0.3) is 0 Å². The molecule has 0 aliphatic rings. The van der Waals surface area contributed by atoms with Crippen LogP contribution < -0.4 is 4.74 Å². The molecule has 1 N–H and O–H groups in total. The molecular formula is C16H27NO2. The fraction of sp³-hybridized carbons (Fsp3) is 0.625. The van der Waals surface area contributed by atoms with E-state index in [4.69, 9.17) is 4.74 Å². The third-order valence-corrected chi connectivity index (χ3v) is 3.34. The molecule has 0 spiro atoms. The standard InChI is InChI=1S/C16H27NO2/c1-5-17(6-2)11-14(18)12-19-16-10-8-7-9-15(16)13(3)4/h7-10,13-14,18H,5-6,11-12H2,1-4H3/t14-/m0/s1. The minimum absolute atomic E-state index is 0.347.